The topological polar surface area (TPSA) is 96.2 Å². The number of hydrogen-bond donors (Lipinski definition) is 0. The molecule has 2 heterocycles. The Hall–Kier alpha value is -3.46. The first-order valence-electron chi connectivity index (χ1n) is 9.24. The van der Waals surface area contributed by atoms with Crippen molar-refractivity contribution in [3.8, 4) is 5.75 Å². The zero-order chi connectivity index (χ0) is 20.5. The van der Waals surface area contributed by atoms with E-state index in [1.54, 1.807) is 7.11 Å². The summed E-state index contributed by atoms with van der Waals surface area (Å²) in [5.74, 6) is -0.284. The lowest BCUT2D eigenvalue weighted by Gasteiger charge is -2.37. The average molecular weight is 396 g/mol. The van der Waals surface area contributed by atoms with Crippen LogP contribution in [0.1, 0.15) is 20.7 Å². The highest BCUT2D eigenvalue weighted by Gasteiger charge is 2.41. The van der Waals surface area contributed by atoms with E-state index in [0.29, 0.717) is 13.1 Å². The fraction of sp³-hybridized carbons (Fsp3) is 0.300. The first-order valence-corrected chi connectivity index (χ1v) is 9.24. The van der Waals surface area contributed by atoms with Crippen LogP contribution < -0.4 is 9.64 Å². The number of ether oxygens (including phenoxy) is 1. The molecule has 2 aliphatic heterocycles. The SMILES string of the molecule is COc1ccc(N2CCN(CN3C(=O)c4cccc([N+](=O)[O-])c4C3=O)CC2)cc1. The van der Waals surface area contributed by atoms with Gasteiger partial charge >= 0.3 is 0 Å². The number of carbonyl (C=O) groups is 2. The molecular formula is C20H20N4O5. The van der Waals surface area contributed by atoms with Crippen LogP contribution in [0.3, 0.4) is 0 Å². The maximum atomic E-state index is 12.7. The lowest BCUT2D eigenvalue weighted by molar-refractivity contribution is -0.385. The summed E-state index contributed by atoms with van der Waals surface area (Å²) < 4.78 is 5.18. The van der Waals surface area contributed by atoms with Crippen LogP contribution >= 0.6 is 0 Å². The minimum atomic E-state index is -0.624. The van der Waals surface area contributed by atoms with Gasteiger partial charge in [-0.25, -0.2) is 0 Å². The molecule has 0 saturated carbocycles. The van der Waals surface area contributed by atoms with Crippen molar-refractivity contribution in [2.24, 2.45) is 0 Å². The van der Waals surface area contributed by atoms with Crippen LogP contribution in [0, 0.1) is 10.1 Å². The molecule has 0 N–H and O–H groups in total. The van der Waals surface area contributed by atoms with Gasteiger partial charge in [-0.05, 0) is 30.3 Å². The Kier molecular flexibility index (Phi) is 4.89. The molecule has 2 aliphatic rings. The van der Waals surface area contributed by atoms with E-state index in [1.165, 1.54) is 18.2 Å². The minimum absolute atomic E-state index is 0.0982. The Morgan fingerprint density at radius 1 is 1.00 bits per heavy atom. The summed E-state index contributed by atoms with van der Waals surface area (Å²) >= 11 is 0. The fourth-order valence-electron chi connectivity index (χ4n) is 3.74. The van der Waals surface area contributed by atoms with E-state index in [2.05, 4.69) is 4.90 Å². The van der Waals surface area contributed by atoms with E-state index < -0.39 is 16.7 Å². The molecule has 1 fully saturated rings. The minimum Gasteiger partial charge on any atom is -0.497 e. The zero-order valence-electron chi connectivity index (χ0n) is 15.9. The Morgan fingerprint density at radius 3 is 2.31 bits per heavy atom. The molecule has 0 atom stereocenters. The number of nitro groups is 1. The van der Waals surface area contributed by atoms with Crippen molar-refractivity contribution < 1.29 is 19.2 Å². The molecule has 0 aromatic heterocycles. The normalized spacial score (nSPS) is 16.9. The fourth-order valence-corrected chi connectivity index (χ4v) is 3.74. The summed E-state index contributed by atoms with van der Waals surface area (Å²) in [6.07, 6.45) is 0. The van der Waals surface area contributed by atoms with Crippen molar-refractivity contribution >= 4 is 23.2 Å². The number of fused-ring (bicyclic) bond motifs is 1. The second-order valence-electron chi connectivity index (χ2n) is 6.94. The van der Waals surface area contributed by atoms with Crippen LogP contribution in [-0.2, 0) is 0 Å². The number of benzene rings is 2. The molecule has 0 bridgehead atoms. The molecule has 9 nitrogen and oxygen atoms in total. The standard InChI is InChI=1S/C20H20N4O5/c1-29-15-7-5-14(6-8-15)22-11-9-21(10-12-22)13-23-19(25)16-3-2-4-17(24(27)28)18(16)20(23)26/h2-8H,9-13H2,1H3. The van der Waals surface area contributed by atoms with Crippen LogP contribution in [-0.4, -0.2) is 66.5 Å². The van der Waals surface area contributed by atoms with Crippen LogP contribution in [0.5, 0.6) is 5.75 Å². The molecule has 9 heteroatoms. The Morgan fingerprint density at radius 2 is 1.69 bits per heavy atom. The second kappa shape index (κ2) is 7.51. The summed E-state index contributed by atoms with van der Waals surface area (Å²) in [5, 5.41) is 11.2. The van der Waals surface area contributed by atoms with Gasteiger partial charge in [0.25, 0.3) is 17.5 Å². The number of methoxy groups -OCH3 is 1. The van der Waals surface area contributed by atoms with Gasteiger partial charge in [0.05, 0.1) is 24.3 Å². The van der Waals surface area contributed by atoms with Crippen LogP contribution in [0.2, 0.25) is 0 Å². The number of anilines is 1. The van der Waals surface area contributed by atoms with Gasteiger partial charge in [0.1, 0.15) is 11.3 Å². The molecular weight excluding hydrogens is 376 g/mol. The second-order valence-corrected chi connectivity index (χ2v) is 6.94. The summed E-state index contributed by atoms with van der Waals surface area (Å²) in [7, 11) is 1.63. The molecule has 0 aliphatic carbocycles. The molecule has 0 spiro atoms. The van der Waals surface area contributed by atoms with Gasteiger partial charge in [0.15, 0.2) is 0 Å². The highest BCUT2D eigenvalue weighted by atomic mass is 16.6. The molecule has 1 saturated heterocycles. The van der Waals surface area contributed by atoms with Crippen molar-refractivity contribution in [1.82, 2.24) is 9.80 Å². The van der Waals surface area contributed by atoms with Crippen LogP contribution in [0.15, 0.2) is 42.5 Å². The molecule has 2 aromatic rings. The average Bonchev–Trinajstić information content (AvgIpc) is 2.99. The Bertz CT molecular complexity index is 967. The van der Waals surface area contributed by atoms with Gasteiger partial charge in [-0.15, -0.1) is 0 Å². The van der Waals surface area contributed by atoms with Gasteiger partial charge < -0.3 is 9.64 Å². The van der Waals surface area contributed by atoms with Crippen LogP contribution in [0.25, 0.3) is 0 Å². The maximum absolute atomic E-state index is 12.7. The van der Waals surface area contributed by atoms with Gasteiger partial charge in [-0.1, -0.05) is 6.07 Å². The number of carbonyl (C=O) groups excluding carboxylic acids is 2. The number of hydrogen-bond acceptors (Lipinski definition) is 7. The van der Waals surface area contributed by atoms with E-state index >= 15 is 0 Å². The molecule has 0 radical (unpaired) electrons. The van der Waals surface area contributed by atoms with Gasteiger partial charge in [0.2, 0.25) is 0 Å². The van der Waals surface area contributed by atoms with Gasteiger partial charge in [0, 0.05) is 37.9 Å². The Labute approximate surface area is 167 Å². The summed E-state index contributed by atoms with van der Waals surface area (Å²) in [4.78, 5) is 41.3. The monoisotopic (exact) mass is 396 g/mol. The lowest BCUT2D eigenvalue weighted by Crippen LogP contribution is -2.51. The van der Waals surface area contributed by atoms with E-state index in [0.717, 1.165) is 29.4 Å². The number of imide groups is 1. The molecule has 2 amide bonds. The van der Waals surface area contributed by atoms with Crippen molar-refractivity contribution in [3.63, 3.8) is 0 Å². The molecule has 2 aromatic carbocycles. The lowest BCUT2D eigenvalue weighted by atomic mass is 10.1. The van der Waals surface area contributed by atoms with Crippen molar-refractivity contribution in [1.29, 1.82) is 0 Å². The third-order valence-electron chi connectivity index (χ3n) is 5.33. The summed E-state index contributed by atoms with van der Waals surface area (Å²) in [6, 6.07) is 12.0. The van der Waals surface area contributed by atoms with E-state index in [-0.39, 0.29) is 23.5 Å². The molecule has 150 valence electrons. The molecule has 29 heavy (non-hydrogen) atoms. The smallest absolute Gasteiger partial charge is 0.282 e. The van der Waals surface area contributed by atoms with Crippen molar-refractivity contribution in [2.75, 3.05) is 44.9 Å². The quantitative estimate of drug-likeness (QED) is 0.433. The first-order chi connectivity index (χ1) is 14.0. The summed E-state index contributed by atoms with van der Waals surface area (Å²) in [5.41, 5.74) is 0.745. The maximum Gasteiger partial charge on any atom is 0.282 e. The number of amides is 2. The van der Waals surface area contributed by atoms with E-state index in [4.69, 9.17) is 4.74 Å². The molecule has 0 unspecified atom stereocenters. The van der Waals surface area contributed by atoms with Gasteiger partial charge in [-0.3, -0.25) is 29.5 Å². The third kappa shape index (κ3) is 3.40. The first kappa shape index (κ1) is 18.9. The number of piperazine rings is 1. The van der Waals surface area contributed by atoms with Gasteiger partial charge in [-0.2, -0.15) is 0 Å². The highest BCUT2D eigenvalue weighted by molar-refractivity contribution is 6.23. The predicted octanol–water partition coefficient (Wildman–Crippen LogP) is 1.98. The van der Waals surface area contributed by atoms with E-state index in [1.807, 2.05) is 29.2 Å². The third-order valence-corrected chi connectivity index (χ3v) is 5.33. The highest BCUT2D eigenvalue weighted by Crippen LogP contribution is 2.31. The molecule has 4 rings (SSSR count). The Balaban J connectivity index is 1.42. The number of nitrogens with zero attached hydrogens (tertiary/aromatic N) is 4. The zero-order valence-corrected chi connectivity index (χ0v) is 15.9. The van der Waals surface area contributed by atoms with Crippen molar-refractivity contribution in [2.45, 2.75) is 0 Å². The number of rotatable bonds is 5. The predicted molar refractivity (Wildman–Crippen MR) is 105 cm³/mol. The van der Waals surface area contributed by atoms with Crippen LogP contribution in [0.4, 0.5) is 11.4 Å². The summed E-state index contributed by atoms with van der Waals surface area (Å²) in [6.45, 7) is 2.95. The van der Waals surface area contributed by atoms with Crippen molar-refractivity contribution in [3.05, 3.63) is 63.7 Å². The van der Waals surface area contributed by atoms with E-state index in [9.17, 15) is 19.7 Å². The largest absolute Gasteiger partial charge is 0.497 e. The number of nitro benzene ring substituents is 1.